The van der Waals surface area contributed by atoms with E-state index in [-0.39, 0.29) is 0 Å². The second kappa shape index (κ2) is 8.70. The van der Waals surface area contributed by atoms with E-state index in [1.807, 2.05) is 0 Å². The van der Waals surface area contributed by atoms with Gasteiger partial charge in [-0.15, -0.1) is 0 Å². The van der Waals surface area contributed by atoms with Crippen LogP contribution >= 0.6 is 0 Å². The summed E-state index contributed by atoms with van der Waals surface area (Å²) in [7, 11) is 0. The molecule has 0 spiro atoms. The zero-order valence-corrected chi connectivity index (χ0v) is 14.6. The number of nitrogens with zero attached hydrogens (tertiary/aromatic N) is 5. The van der Waals surface area contributed by atoms with Gasteiger partial charge in [-0.25, -0.2) is 0 Å². The molecule has 0 fully saturated rings. The summed E-state index contributed by atoms with van der Waals surface area (Å²) < 4.78 is 0. The van der Waals surface area contributed by atoms with Gasteiger partial charge in [0.1, 0.15) is 11.6 Å². The molecule has 21 heavy (non-hydrogen) atoms. The first-order valence-corrected chi connectivity index (χ1v) is 8.28. The molecular formula is C16H31N5. The Balaban J connectivity index is 3.30. The molecular weight excluding hydrogens is 262 g/mol. The Kier molecular flexibility index (Phi) is 7.26. The molecule has 0 amide bonds. The molecule has 5 nitrogen and oxygen atoms in total. The first-order valence-electron chi connectivity index (χ1n) is 8.28. The summed E-state index contributed by atoms with van der Waals surface area (Å²) in [6.45, 7) is 18.7. The van der Waals surface area contributed by atoms with Crippen molar-refractivity contribution in [1.29, 1.82) is 0 Å². The van der Waals surface area contributed by atoms with Gasteiger partial charge in [0.05, 0.1) is 0 Å². The van der Waals surface area contributed by atoms with E-state index in [0.29, 0.717) is 0 Å². The number of aromatic nitrogens is 2. The van der Waals surface area contributed by atoms with E-state index in [4.69, 9.17) is 9.97 Å². The van der Waals surface area contributed by atoms with E-state index in [1.165, 1.54) is 0 Å². The van der Waals surface area contributed by atoms with Crippen molar-refractivity contribution in [1.82, 2.24) is 9.97 Å². The molecule has 0 aliphatic rings. The Labute approximate surface area is 130 Å². The number of hydrogen-bond donors (Lipinski definition) is 0. The van der Waals surface area contributed by atoms with Crippen molar-refractivity contribution < 1.29 is 0 Å². The van der Waals surface area contributed by atoms with Gasteiger partial charge in [0, 0.05) is 45.3 Å². The summed E-state index contributed by atoms with van der Waals surface area (Å²) in [5, 5.41) is 0. The average Bonchev–Trinajstić information content (AvgIpc) is 2.51. The smallest absolute Gasteiger partial charge is 0.229 e. The lowest BCUT2D eigenvalue weighted by Crippen LogP contribution is -2.30. The minimum Gasteiger partial charge on any atom is -0.357 e. The second-order valence-electron chi connectivity index (χ2n) is 4.90. The Bertz CT molecular complexity index is 335. The van der Waals surface area contributed by atoms with Gasteiger partial charge >= 0.3 is 0 Å². The third-order valence-corrected chi connectivity index (χ3v) is 3.91. The van der Waals surface area contributed by atoms with E-state index in [1.54, 1.807) is 0 Å². The van der Waals surface area contributed by atoms with Crippen LogP contribution in [0.15, 0.2) is 6.07 Å². The average molecular weight is 293 g/mol. The Hall–Kier alpha value is -1.52. The molecule has 0 bridgehead atoms. The van der Waals surface area contributed by atoms with Crippen LogP contribution in [-0.4, -0.2) is 49.2 Å². The van der Waals surface area contributed by atoms with Crippen LogP contribution in [0.1, 0.15) is 41.5 Å². The number of hydrogen-bond acceptors (Lipinski definition) is 5. The summed E-state index contributed by atoms with van der Waals surface area (Å²) in [6.07, 6.45) is 0. The minimum atomic E-state index is 0.839. The molecule has 0 saturated carbocycles. The van der Waals surface area contributed by atoms with Crippen molar-refractivity contribution in [3.05, 3.63) is 6.07 Å². The standard InChI is InChI=1S/C16H31N5/c1-7-19(8-2)14-13-15(20(9-3)10-4)18-16(17-14)21(11-5)12-6/h13H,7-12H2,1-6H3. The van der Waals surface area contributed by atoms with Gasteiger partial charge in [0.2, 0.25) is 5.95 Å². The molecule has 0 saturated heterocycles. The van der Waals surface area contributed by atoms with Gasteiger partial charge in [-0.3, -0.25) is 0 Å². The molecule has 0 atom stereocenters. The Morgan fingerprint density at radius 1 is 0.619 bits per heavy atom. The SMILES string of the molecule is CCN(CC)c1cc(N(CC)CC)nc(N(CC)CC)n1. The third kappa shape index (κ3) is 4.22. The van der Waals surface area contributed by atoms with Gasteiger partial charge in [-0.1, -0.05) is 0 Å². The monoisotopic (exact) mass is 293 g/mol. The zero-order valence-electron chi connectivity index (χ0n) is 14.6. The maximum atomic E-state index is 4.78. The van der Waals surface area contributed by atoms with Crippen LogP contribution in [0.5, 0.6) is 0 Å². The Morgan fingerprint density at radius 2 is 0.952 bits per heavy atom. The maximum absolute atomic E-state index is 4.78. The van der Waals surface area contributed by atoms with E-state index >= 15 is 0 Å². The normalized spacial score (nSPS) is 10.6. The highest BCUT2D eigenvalue weighted by Crippen LogP contribution is 2.23. The molecule has 0 radical (unpaired) electrons. The largest absolute Gasteiger partial charge is 0.357 e. The van der Waals surface area contributed by atoms with E-state index < -0.39 is 0 Å². The van der Waals surface area contributed by atoms with Gasteiger partial charge in [-0.2, -0.15) is 9.97 Å². The lowest BCUT2D eigenvalue weighted by molar-refractivity contribution is 0.782. The number of rotatable bonds is 9. The van der Waals surface area contributed by atoms with Crippen molar-refractivity contribution >= 4 is 17.6 Å². The quantitative estimate of drug-likeness (QED) is 0.699. The van der Waals surface area contributed by atoms with Crippen molar-refractivity contribution in [3.8, 4) is 0 Å². The van der Waals surface area contributed by atoms with Crippen molar-refractivity contribution in [2.45, 2.75) is 41.5 Å². The second-order valence-corrected chi connectivity index (χ2v) is 4.90. The first kappa shape index (κ1) is 17.5. The summed E-state index contributed by atoms with van der Waals surface area (Å²) in [4.78, 5) is 16.3. The van der Waals surface area contributed by atoms with Gasteiger partial charge in [0.25, 0.3) is 0 Å². The molecule has 1 aromatic heterocycles. The molecule has 1 heterocycles. The fraction of sp³-hybridized carbons (Fsp3) is 0.750. The molecule has 1 rings (SSSR count). The van der Waals surface area contributed by atoms with Crippen LogP contribution in [0, 0.1) is 0 Å². The molecule has 5 heteroatoms. The molecule has 0 N–H and O–H groups in total. The fourth-order valence-corrected chi connectivity index (χ4v) is 2.48. The van der Waals surface area contributed by atoms with Gasteiger partial charge < -0.3 is 14.7 Å². The molecule has 1 aromatic rings. The third-order valence-electron chi connectivity index (χ3n) is 3.91. The molecule has 120 valence electrons. The van der Waals surface area contributed by atoms with E-state index in [0.717, 1.165) is 56.9 Å². The van der Waals surface area contributed by atoms with Crippen LogP contribution in [-0.2, 0) is 0 Å². The summed E-state index contributed by atoms with van der Waals surface area (Å²) in [5.74, 6) is 2.89. The summed E-state index contributed by atoms with van der Waals surface area (Å²) in [6, 6.07) is 2.12. The predicted molar refractivity (Wildman–Crippen MR) is 92.7 cm³/mol. The minimum absolute atomic E-state index is 0.839. The highest BCUT2D eigenvalue weighted by atomic mass is 15.3. The van der Waals surface area contributed by atoms with Gasteiger partial charge in [-0.05, 0) is 41.5 Å². The van der Waals surface area contributed by atoms with Crippen molar-refractivity contribution in [2.24, 2.45) is 0 Å². The van der Waals surface area contributed by atoms with Crippen LogP contribution in [0.4, 0.5) is 17.6 Å². The fourth-order valence-electron chi connectivity index (χ4n) is 2.48. The molecule has 0 unspecified atom stereocenters. The lowest BCUT2D eigenvalue weighted by Gasteiger charge is -2.27. The molecule has 0 aromatic carbocycles. The first-order chi connectivity index (χ1) is 10.1. The predicted octanol–water partition coefficient (Wildman–Crippen LogP) is 3.02. The molecule has 0 aliphatic carbocycles. The van der Waals surface area contributed by atoms with Crippen molar-refractivity contribution in [3.63, 3.8) is 0 Å². The maximum Gasteiger partial charge on any atom is 0.229 e. The zero-order chi connectivity index (χ0) is 15.8. The molecule has 0 aliphatic heterocycles. The highest BCUT2D eigenvalue weighted by Gasteiger charge is 2.15. The lowest BCUT2D eigenvalue weighted by atomic mass is 10.4. The van der Waals surface area contributed by atoms with Crippen LogP contribution in [0.25, 0.3) is 0 Å². The van der Waals surface area contributed by atoms with Crippen molar-refractivity contribution in [2.75, 3.05) is 54.0 Å². The topological polar surface area (TPSA) is 35.5 Å². The van der Waals surface area contributed by atoms with Crippen LogP contribution in [0.3, 0.4) is 0 Å². The van der Waals surface area contributed by atoms with Crippen LogP contribution in [0.2, 0.25) is 0 Å². The Morgan fingerprint density at radius 3 is 1.24 bits per heavy atom. The van der Waals surface area contributed by atoms with Gasteiger partial charge in [0.15, 0.2) is 0 Å². The van der Waals surface area contributed by atoms with Crippen LogP contribution < -0.4 is 14.7 Å². The summed E-state index contributed by atoms with van der Waals surface area (Å²) in [5.41, 5.74) is 0. The van der Waals surface area contributed by atoms with E-state index in [2.05, 4.69) is 62.3 Å². The van der Waals surface area contributed by atoms with E-state index in [9.17, 15) is 0 Å². The number of anilines is 3. The summed E-state index contributed by atoms with van der Waals surface area (Å²) >= 11 is 0. The highest BCUT2D eigenvalue weighted by molar-refractivity contribution is 5.55.